The van der Waals surface area contributed by atoms with E-state index in [1.54, 1.807) is 18.0 Å². The first-order valence-corrected chi connectivity index (χ1v) is 10.7. The van der Waals surface area contributed by atoms with Gasteiger partial charge >= 0.3 is 0 Å². The highest BCUT2D eigenvalue weighted by Gasteiger charge is 2.24. The van der Waals surface area contributed by atoms with Crippen molar-refractivity contribution in [1.82, 2.24) is 24.7 Å². The van der Waals surface area contributed by atoms with E-state index in [1.165, 1.54) is 12.8 Å². The number of hydrogen-bond acceptors (Lipinski definition) is 7. The SMILES string of the molecule is COc1ccc(-c2cc(NC3CCN(CC4CCCO4)CC3)c3nncn3n2)cc1. The number of benzene rings is 1. The zero-order chi connectivity index (χ0) is 20.3. The van der Waals surface area contributed by atoms with Crippen LogP contribution in [0.4, 0.5) is 5.69 Å². The van der Waals surface area contributed by atoms with E-state index in [-0.39, 0.29) is 0 Å². The van der Waals surface area contributed by atoms with Gasteiger partial charge in [-0.2, -0.15) is 9.61 Å². The van der Waals surface area contributed by atoms with Gasteiger partial charge in [-0.15, -0.1) is 10.2 Å². The minimum atomic E-state index is 0.414. The van der Waals surface area contributed by atoms with Crippen LogP contribution < -0.4 is 10.1 Å². The van der Waals surface area contributed by atoms with Crippen LogP contribution in [0.1, 0.15) is 25.7 Å². The zero-order valence-corrected chi connectivity index (χ0v) is 17.3. The topological polar surface area (TPSA) is 76.8 Å². The molecule has 0 radical (unpaired) electrons. The maximum absolute atomic E-state index is 5.80. The summed E-state index contributed by atoms with van der Waals surface area (Å²) in [5.74, 6) is 0.831. The molecule has 0 amide bonds. The molecule has 5 rings (SSSR count). The molecule has 2 aromatic heterocycles. The Hall–Kier alpha value is -2.71. The average molecular weight is 409 g/mol. The summed E-state index contributed by atoms with van der Waals surface area (Å²) in [4.78, 5) is 2.54. The van der Waals surface area contributed by atoms with Gasteiger partial charge < -0.3 is 19.7 Å². The molecule has 158 valence electrons. The van der Waals surface area contributed by atoms with Gasteiger partial charge in [0.1, 0.15) is 12.1 Å². The molecule has 4 heterocycles. The van der Waals surface area contributed by atoms with E-state index >= 15 is 0 Å². The first-order valence-electron chi connectivity index (χ1n) is 10.7. The van der Waals surface area contributed by atoms with Crippen molar-refractivity contribution in [3.63, 3.8) is 0 Å². The highest BCUT2D eigenvalue weighted by molar-refractivity contribution is 5.73. The van der Waals surface area contributed by atoms with Crippen molar-refractivity contribution in [3.8, 4) is 17.0 Å². The quantitative estimate of drug-likeness (QED) is 0.672. The molecule has 1 aromatic carbocycles. The number of aromatic nitrogens is 4. The van der Waals surface area contributed by atoms with E-state index in [0.717, 1.165) is 67.4 Å². The third kappa shape index (κ3) is 4.11. The van der Waals surface area contributed by atoms with Crippen LogP contribution in [0, 0.1) is 0 Å². The van der Waals surface area contributed by atoms with E-state index in [2.05, 4.69) is 31.6 Å². The van der Waals surface area contributed by atoms with Gasteiger partial charge in [-0.05, 0) is 56.0 Å². The van der Waals surface area contributed by atoms with Crippen LogP contribution in [0.15, 0.2) is 36.7 Å². The molecule has 1 unspecified atom stereocenters. The Morgan fingerprint density at radius 2 is 2.00 bits per heavy atom. The van der Waals surface area contributed by atoms with E-state index in [0.29, 0.717) is 12.1 Å². The van der Waals surface area contributed by atoms with Gasteiger partial charge in [-0.25, -0.2) is 0 Å². The lowest BCUT2D eigenvalue weighted by molar-refractivity contribution is 0.0654. The van der Waals surface area contributed by atoms with Crippen molar-refractivity contribution >= 4 is 11.3 Å². The Morgan fingerprint density at radius 3 is 2.73 bits per heavy atom. The van der Waals surface area contributed by atoms with Crippen molar-refractivity contribution in [2.75, 3.05) is 38.7 Å². The smallest absolute Gasteiger partial charge is 0.200 e. The molecule has 0 saturated carbocycles. The second-order valence-electron chi connectivity index (χ2n) is 8.13. The summed E-state index contributed by atoms with van der Waals surface area (Å²) in [5.41, 5.74) is 3.64. The molecule has 3 aromatic rings. The monoisotopic (exact) mass is 408 g/mol. The number of ether oxygens (including phenoxy) is 2. The van der Waals surface area contributed by atoms with Crippen molar-refractivity contribution in [2.24, 2.45) is 0 Å². The normalized spacial score (nSPS) is 20.6. The Labute approximate surface area is 176 Å². The lowest BCUT2D eigenvalue weighted by Crippen LogP contribution is -2.42. The van der Waals surface area contributed by atoms with Gasteiger partial charge in [0.25, 0.3) is 0 Å². The summed E-state index contributed by atoms with van der Waals surface area (Å²) in [6.45, 7) is 4.18. The van der Waals surface area contributed by atoms with Crippen LogP contribution in [0.5, 0.6) is 5.75 Å². The van der Waals surface area contributed by atoms with Gasteiger partial charge in [-0.1, -0.05) is 0 Å². The molecule has 1 atom stereocenters. The van der Waals surface area contributed by atoms with Crippen LogP contribution in [0.3, 0.4) is 0 Å². The molecule has 2 aliphatic rings. The molecule has 2 aliphatic heterocycles. The lowest BCUT2D eigenvalue weighted by Gasteiger charge is -2.34. The van der Waals surface area contributed by atoms with E-state index in [9.17, 15) is 0 Å². The zero-order valence-electron chi connectivity index (χ0n) is 17.3. The summed E-state index contributed by atoms with van der Waals surface area (Å²) in [5, 5.41) is 16.7. The van der Waals surface area contributed by atoms with Crippen molar-refractivity contribution in [1.29, 1.82) is 0 Å². The maximum atomic E-state index is 5.80. The number of piperidine rings is 1. The molecule has 0 aliphatic carbocycles. The number of hydrogen-bond donors (Lipinski definition) is 1. The first kappa shape index (κ1) is 19.3. The molecule has 8 heteroatoms. The van der Waals surface area contributed by atoms with Gasteiger partial charge in [-0.3, -0.25) is 0 Å². The third-order valence-corrected chi connectivity index (χ3v) is 6.09. The Morgan fingerprint density at radius 1 is 1.17 bits per heavy atom. The van der Waals surface area contributed by atoms with Crippen LogP contribution in [0.25, 0.3) is 16.9 Å². The number of nitrogens with zero attached hydrogens (tertiary/aromatic N) is 5. The molecule has 1 N–H and O–H groups in total. The van der Waals surface area contributed by atoms with Crippen LogP contribution >= 0.6 is 0 Å². The van der Waals surface area contributed by atoms with Crippen molar-refractivity contribution in [3.05, 3.63) is 36.7 Å². The summed E-state index contributed by atoms with van der Waals surface area (Å²) in [7, 11) is 1.67. The number of nitrogens with one attached hydrogen (secondary N) is 1. The maximum Gasteiger partial charge on any atom is 0.200 e. The molecular formula is C22H28N6O2. The van der Waals surface area contributed by atoms with Crippen LogP contribution in [0.2, 0.25) is 0 Å². The number of anilines is 1. The number of fused-ring (bicyclic) bond motifs is 1. The van der Waals surface area contributed by atoms with Gasteiger partial charge in [0.05, 0.1) is 24.6 Å². The summed E-state index contributed by atoms with van der Waals surface area (Å²) >= 11 is 0. The summed E-state index contributed by atoms with van der Waals surface area (Å²) in [6, 6.07) is 10.4. The molecule has 30 heavy (non-hydrogen) atoms. The van der Waals surface area contributed by atoms with Crippen LogP contribution in [-0.2, 0) is 4.74 Å². The highest BCUT2D eigenvalue weighted by Crippen LogP contribution is 2.27. The summed E-state index contributed by atoms with van der Waals surface area (Å²) < 4.78 is 12.8. The fourth-order valence-corrected chi connectivity index (χ4v) is 4.39. The van der Waals surface area contributed by atoms with Crippen molar-refractivity contribution < 1.29 is 9.47 Å². The van der Waals surface area contributed by atoms with E-state index in [4.69, 9.17) is 9.47 Å². The van der Waals surface area contributed by atoms with Gasteiger partial charge in [0, 0.05) is 37.8 Å². The molecule has 0 spiro atoms. The highest BCUT2D eigenvalue weighted by atomic mass is 16.5. The Bertz CT molecular complexity index is 975. The minimum Gasteiger partial charge on any atom is -0.497 e. The number of methoxy groups -OCH3 is 1. The Kier molecular flexibility index (Phi) is 5.50. The van der Waals surface area contributed by atoms with Crippen molar-refractivity contribution in [2.45, 2.75) is 37.8 Å². The van der Waals surface area contributed by atoms with Gasteiger partial charge in [0.15, 0.2) is 0 Å². The standard InChI is InChI=1S/C22H28N6O2/c1-29-18-6-4-16(5-7-18)20-13-21(22-25-23-15-28(22)26-20)24-17-8-10-27(11-9-17)14-19-3-2-12-30-19/h4-7,13,15,17,19,24H,2-3,8-12,14H2,1H3. The molecule has 2 fully saturated rings. The first-order chi connectivity index (χ1) is 14.8. The summed E-state index contributed by atoms with van der Waals surface area (Å²) in [6.07, 6.45) is 6.69. The molecule has 0 bridgehead atoms. The average Bonchev–Trinajstić information content (AvgIpc) is 3.47. The molecule has 8 nitrogen and oxygen atoms in total. The minimum absolute atomic E-state index is 0.414. The predicted molar refractivity (Wildman–Crippen MR) is 115 cm³/mol. The lowest BCUT2D eigenvalue weighted by atomic mass is 10.0. The second kappa shape index (κ2) is 8.57. The molecule has 2 saturated heterocycles. The third-order valence-electron chi connectivity index (χ3n) is 6.09. The fourth-order valence-electron chi connectivity index (χ4n) is 4.39. The molecular weight excluding hydrogens is 380 g/mol. The van der Waals surface area contributed by atoms with E-state index in [1.807, 2.05) is 24.3 Å². The number of rotatable bonds is 6. The van der Waals surface area contributed by atoms with E-state index < -0.39 is 0 Å². The van der Waals surface area contributed by atoms with Gasteiger partial charge in [0.2, 0.25) is 5.65 Å². The Balaban J connectivity index is 1.30. The largest absolute Gasteiger partial charge is 0.497 e. The predicted octanol–water partition coefficient (Wildman–Crippen LogP) is 2.86. The fraction of sp³-hybridized carbons (Fsp3) is 0.500. The van der Waals surface area contributed by atoms with Crippen LogP contribution in [-0.4, -0.2) is 70.2 Å². The second-order valence-corrected chi connectivity index (χ2v) is 8.13. The number of likely N-dealkylation sites (tertiary alicyclic amines) is 1.